The lowest BCUT2D eigenvalue weighted by Crippen LogP contribution is -2.49. The highest BCUT2D eigenvalue weighted by molar-refractivity contribution is 7.89. The van der Waals surface area contributed by atoms with Crippen molar-refractivity contribution in [1.29, 1.82) is 5.26 Å². The molecule has 8 heteroatoms. The van der Waals surface area contributed by atoms with Gasteiger partial charge in [0.2, 0.25) is 10.0 Å². The Morgan fingerprint density at radius 1 is 1.09 bits per heavy atom. The van der Waals surface area contributed by atoms with Crippen LogP contribution in [0.3, 0.4) is 0 Å². The number of hydrogen-bond acceptors (Lipinski definition) is 5. The molecule has 0 radical (unpaired) electrons. The van der Waals surface area contributed by atoms with Gasteiger partial charge in [-0.1, -0.05) is 38.3 Å². The Balaban J connectivity index is 1.55. The molecule has 1 atom stereocenters. The molecule has 0 spiro atoms. The molecule has 6 nitrogen and oxygen atoms in total. The van der Waals surface area contributed by atoms with Crippen LogP contribution in [0.15, 0.2) is 47.4 Å². The largest absolute Gasteiger partial charge is 0.299 e. The quantitative estimate of drug-likeness (QED) is 0.481. The molecule has 0 bridgehead atoms. The van der Waals surface area contributed by atoms with Crippen molar-refractivity contribution in [3.63, 3.8) is 0 Å². The number of nitrogens with one attached hydrogen (secondary N) is 1. The second-order valence-corrected chi connectivity index (χ2v) is 10.7. The van der Waals surface area contributed by atoms with E-state index in [0.717, 1.165) is 55.9 Å². The van der Waals surface area contributed by atoms with E-state index in [9.17, 15) is 18.1 Å². The van der Waals surface area contributed by atoms with Gasteiger partial charge in [-0.05, 0) is 54.8 Å². The van der Waals surface area contributed by atoms with Gasteiger partial charge in [0.25, 0.3) is 0 Å². The highest BCUT2D eigenvalue weighted by Crippen LogP contribution is 2.29. The number of nitriles is 1. The van der Waals surface area contributed by atoms with Crippen LogP contribution in [-0.2, 0) is 10.0 Å². The van der Waals surface area contributed by atoms with Crippen LogP contribution in [0.25, 0.3) is 0 Å². The maximum atomic E-state index is 13.1. The van der Waals surface area contributed by atoms with E-state index in [-0.39, 0.29) is 4.90 Å². The Morgan fingerprint density at radius 2 is 1.79 bits per heavy atom. The van der Waals surface area contributed by atoms with Crippen LogP contribution < -0.4 is 4.72 Å². The molecular formula is C26H35FN4O2S. The van der Waals surface area contributed by atoms with Gasteiger partial charge in [-0.25, -0.2) is 17.5 Å². The fraction of sp³-hybridized carbons (Fsp3) is 0.500. The first-order valence-corrected chi connectivity index (χ1v) is 13.5. The average Bonchev–Trinajstić information content (AvgIpc) is 2.83. The second kappa shape index (κ2) is 12.4. The summed E-state index contributed by atoms with van der Waals surface area (Å²) in [7, 11) is -3.64. The fourth-order valence-corrected chi connectivity index (χ4v) is 5.52. The van der Waals surface area contributed by atoms with Crippen molar-refractivity contribution in [3.8, 4) is 6.07 Å². The zero-order valence-corrected chi connectivity index (χ0v) is 21.0. The van der Waals surface area contributed by atoms with E-state index < -0.39 is 15.8 Å². The molecule has 1 fully saturated rings. The molecule has 1 saturated heterocycles. The second-order valence-electron chi connectivity index (χ2n) is 8.93. The van der Waals surface area contributed by atoms with Gasteiger partial charge in [0.15, 0.2) is 0 Å². The van der Waals surface area contributed by atoms with Crippen molar-refractivity contribution < 1.29 is 12.8 Å². The summed E-state index contributed by atoms with van der Waals surface area (Å²) in [6, 6.07) is 13.6. The molecule has 0 aliphatic carbocycles. The number of piperazine rings is 1. The minimum atomic E-state index is -3.64. The fourth-order valence-electron chi connectivity index (χ4n) is 4.50. The number of hydrogen-bond donors (Lipinski definition) is 1. The van der Waals surface area contributed by atoms with Crippen molar-refractivity contribution in [2.24, 2.45) is 0 Å². The number of sulfonamides is 1. The molecular weight excluding hydrogens is 451 g/mol. The third kappa shape index (κ3) is 7.09. The first kappa shape index (κ1) is 26.3. The van der Waals surface area contributed by atoms with Gasteiger partial charge >= 0.3 is 0 Å². The van der Waals surface area contributed by atoms with Crippen LogP contribution in [0.1, 0.15) is 55.3 Å². The van der Waals surface area contributed by atoms with Crippen LogP contribution >= 0.6 is 0 Å². The average molecular weight is 487 g/mol. The first-order valence-electron chi connectivity index (χ1n) is 12.1. The lowest BCUT2D eigenvalue weighted by atomic mass is 9.95. The molecule has 1 aliphatic heterocycles. The van der Waals surface area contributed by atoms with Gasteiger partial charge in [0.1, 0.15) is 5.82 Å². The summed E-state index contributed by atoms with van der Waals surface area (Å²) in [6.07, 6.45) is 4.66. The van der Waals surface area contributed by atoms with Crippen LogP contribution in [0, 0.1) is 24.1 Å². The number of aryl methyl sites for hydroxylation is 1. The van der Waals surface area contributed by atoms with Gasteiger partial charge in [-0.3, -0.25) is 9.80 Å². The number of rotatable bonds is 11. The lowest BCUT2D eigenvalue weighted by molar-refractivity contribution is 0.0918. The molecule has 1 heterocycles. The highest BCUT2D eigenvalue weighted by atomic mass is 32.2. The number of halogens is 1. The van der Waals surface area contributed by atoms with Crippen LogP contribution in [-0.4, -0.2) is 57.5 Å². The van der Waals surface area contributed by atoms with Gasteiger partial charge in [0.05, 0.1) is 16.5 Å². The van der Waals surface area contributed by atoms with Gasteiger partial charge in [-0.2, -0.15) is 5.26 Å². The van der Waals surface area contributed by atoms with E-state index in [1.807, 2.05) is 13.0 Å². The Kier molecular flexibility index (Phi) is 9.60. The predicted molar refractivity (Wildman–Crippen MR) is 132 cm³/mol. The number of benzene rings is 2. The maximum Gasteiger partial charge on any atom is 0.240 e. The van der Waals surface area contributed by atoms with Gasteiger partial charge in [-0.15, -0.1) is 0 Å². The van der Waals surface area contributed by atoms with Crippen molar-refractivity contribution in [1.82, 2.24) is 14.5 Å². The van der Waals surface area contributed by atoms with Crippen molar-refractivity contribution >= 4 is 10.0 Å². The summed E-state index contributed by atoms with van der Waals surface area (Å²) in [4.78, 5) is 4.87. The smallest absolute Gasteiger partial charge is 0.240 e. The van der Waals surface area contributed by atoms with E-state index in [1.165, 1.54) is 37.0 Å². The van der Waals surface area contributed by atoms with Gasteiger partial charge in [0, 0.05) is 45.3 Å². The molecule has 184 valence electrons. The zero-order chi connectivity index (χ0) is 24.6. The van der Waals surface area contributed by atoms with Gasteiger partial charge < -0.3 is 0 Å². The van der Waals surface area contributed by atoms with E-state index in [0.29, 0.717) is 19.1 Å². The SMILES string of the molecule is CCCCCC(c1ccc(C#N)c(C)c1)N1CCN(CCNS(=O)(=O)c2ccc(F)cc2)CC1. The van der Waals surface area contributed by atoms with E-state index in [4.69, 9.17) is 0 Å². The zero-order valence-electron chi connectivity index (χ0n) is 20.1. The molecule has 0 amide bonds. The molecule has 1 aliphatic rings. The molecule has 0 saturated carbocycles. The highest BCUT2D eigenvalue weighted by Gasteiger charge is 2.25. The monoisotopic (exact) mass is 486 g/mol. The van der Waals surface area contributed by atoms with Crippen molar-refractivity contribution in [2.45, 2.75) is 50.5 Å². The molecule has 1 N–H and O–H groups in total. The van der Waals surface area contributed by atoms with Crippen LogP contribution in [0.5, 0.6) is 0 Å². The van der Waals surface area contributed by atoms with Crippen LogP contribution in [0.2, 0.25) is 0 Å². The van der Waals surface area contributed by atoms with Crippen molar-refractivity contribution in [2.75, 3.05) is 39.3 Å². The molecule has 34 heavy (non-hydrogen) atoms. The number of unbranched alkanes of at least 4 members (excludes halogenated alkanes) is 2. The van der Waals surface area contributed by atoms with Crippen LogP contribution in [0.4, 0.5) is 4.39 Å². The molecule has 2 aromatic carbocycles. The Hall–Kier alpha value is -2.31. The summed E-state index contributed by atoms with van der Waals surface area (Å²) >= 11 is 0. The lowest BCUT2D eigenvalue weighted by Gasteiger charge is -2.40. The van der Waals surface area contributed by atoms with E-state index in [1.54, 1.807) is 0 Å². The maximum absolute atomic E-state index is 13.1. The standard InChI is InChI=1S/C26H35FN4O2S/c1-3-4-5-6-26(22-7-8-23(20-28)21(2)19-22)31-17-15-30(16-18-31)14-13-29-34(32,33)25-11-9-24(27)10-12-25/h7-12,19,26,29H,3-6,13-18H2,1-2H3. The topological polar surface area (TPSA) is 76.4 Å². The minimum Gasteiger partial charge on any atom is -0.299 e. The summed E-state index contributed by atoms with van der Waals surface area (Å²) in [5.41, 5.74) is 3.02. The molecule has 1 unspecified atom stereocenters. The minimum absolute atomic E-state index is 0.0753. The summed E-state index contributed by atoms with van der Waals surface area (Å²) in [5.74, 6) is -0.457. The Bertz CT molecular complexity index is 1070. The summed E-state index contributed by atoms with van der Waals surface area (Å²) < 4.78 is 40.5. The van der Waals surface area contributed by atoms with E-state index in [2.05, 4.69) is 39.6 Å². The number of nitrogens with zero attached hydrogens (tertiary/aromatic N) is 3. The Labute approximate surface area is 203 Å². The summed E-state index contributed by atoms with van der Waals surface area (Å²) in [5, 5.41) is 9.27. The first-order chi connectivity index (χ1) is 16.3. The predicted octanol–water partition coefficient (Wildman–Crippen LogP) is 4.22. The molecule has 2 aromatic rings. The summed E-state index contributed by atoms with van der Waals surface area (Å²) in [6.45, 7) is 8.73. The van der Waals surface area contributed by atoms with Crippen molar-refractivity contribution in [3.05, 3.63) is 65.0 Å². The third-order valence-electron chi connectivity index (χ3n) is 6.53. The normalized spacial score (nSPS) is 16.3. The third-order valence-corrected chi connectivity index (χ3v) is 8.01. The Morgan fingerprint density at radius 3 is 2.41 bits per heavy atom. The van der Waals surface area contributed by atoms with E-state index >= 15 is 0 Å². The molecule has 0 aromatic heterocycles. The molecule has 3 rings (SSSR count).